The Kier molecular flexibility index (Phi) is 5.54. The number of aryl methyl sites for hydroxylation is 3. The van der Waals surface area contributed by atoms with Crippen LogP contribution in [0.4, 0.5) is 0 Å². The molecule has 0 aliphatic carbocycles. The maximum atomic E-state index is 12.0. The number of rotatable bonds is 5. The van der Waals surface area contributed by atoms with Gasteiger partial charge in [-0.1, -0.05) is 21.5 Å². The van der Waals surface area contributed by atoms with E-state index in [0.717, 1.165) is 22.3 Å². The monoisotopic (exact) mass is 333 g/mol. The van der Waals surface area contributed by atoms with Crippen LogP contribution in [0, 0.1) is 20.8 Å². The third-order valence-electron chi connectivity index (χ3n) is 3.19. The highest BCUT2D eigenvalue weighted by Gasteiger charge is 2.15. The number of benzene rings is 1. The molecule has 0 aromatic heterocycles. The summed E-state index contributed by atoms with van der Waals surface area (Å²) in [5.41, 5.74) is 4.07. The lowest BCUT2D eigenvalue weighted by Crippen LogP contribution is -2.27. The summed E-state index contributed by atoms with van der Waals surface area (Å²) in [6.45, 7) is 5.99. The molecule has 0 amide bonds. The van der Waals surface area contributed by atoms with Crippen molar-refractivity contribution in [2.45, 2.75) is 27.3 Å². The fourth-order valence-electron chi connectivity index (χ4n) is 1.93. The smallest absolute Gasteiger partial charge is 0.233 e. The molecule has 0 saturated carbocycles. The molecule has 0 bridgehead atoms. The zero-order valence-electron chi connectivity index (χ0n) is 13.3. The molecule has 6 nitrogen and oxygen atoms in total. The summed E-state index contributed by atoms with van der Waals surface area (Å²) in [5, 5.41) is 0. The van der Waals surface area contributed by atoms with Crippen LogP contribution in [0.25, 0.3) is 0 Å². The van der Waals surface area contributed by atoms with Crippen molar-refractivity contribution in [1.29, 1.82) is 0 Å². The van der Waals surface area contributed by atoms with E-state index in [1.165, 1.54) is 24.7 Å². The highest BCUT2D eigenvalue weighted by atomic mass is 32.3. The molecule has 0 spiro atoms. The topological polar surface area (TPSA) is 78.8 Å². The van der Waals surface area contributed by atoms with Gasteiger partial charge in [-0.3, -0.25) is 0 Å². The van der Waals surface area contributed by atoms with Crippen LogP contribution in [0.1, 0.15) is 22.3 Å². The van der Waals surface area contributed by atoms with Gasteiger partial charge in [0, 0.05) is 26.9 Å². The minimum absolute atomic E-state index is 0.132. The molecular weight excluding hydrogens is 310 g/mol. The third kappa shape index (κ3) is 5.06. The fourth-order valence-corrected chi connectivity index (χ4v) is 4.45. The van der Waals surface area contributed by atoms with E-state index < -0.39 is 20.1 Å². The Morgan fingerprint density at radius 3 is 2.00 bits per heavy atom. The van der Waals surface area contributed by atoms with Crippen molar-refractivity contribution in [3.63, 3.8) is 0 Å². The van der Waals surface area contributed by atoms with Crippen LogP contribution in [0.5, 0.6) is 0 Å². The summed E-state index contributed by atoms with van der Waals surface area (Å²) in [6, 6.07) is 3.99. The van der Waals surface area contributed by atoms with Crippen LogP contribution < -0.4 is 4.72 Å². The Balaban J connectivity index is 3.02. The van der Waals surface area contributed by atoms with Crippen molar-refractivity contribution in [3.05, 3.63) is 34.4 Å². The standard InChI is InChI=1S/C13H23N3O3S2/c1-10-7-11(2)13(12(3)8-10)9-14-21(18,19)15-20(6,17)16(4)5/h7-8,14H,9H2,1-6H3. The first-order chi connectivity index (χ1) is 9.44. The third-order valence-corrected chi connectivity index (χ3v) is 6.94. The zero-order chi connectivity index (χ0) is 16.4. The van der Waals surface area contributed by atoms with Gasteiger partial charge in [0.15, 0.2) is 0 Å². The molecule has 0 fully saturated rings. The maximum Gasteiger partial charge on any atom is 0.328 e. The van der Waals surface area contributed by atoms with E-state index in [1.54, 1.807) is 0 Å². The highest BCUT2D eigenvalue weighted by molar-refractivity contribution is 8.00. The van der Waals surface area contributed by atoms with Gasteiger partial charge in [0.2, 0.25) is 0 Å². The number of nitrogens with zero attached hydrogens (tertiary/aromatic N) is 2. The minimum Gasteiger partial charge on any atom is -0.233 e. The summed E-state index contributed by atoms with van der Waals surface area (Å²) in [5.74, 6) is 0. The van der Waals surface area contributed by atoms with E-state index in [4.69, 9.17) is 0 Å². The minimum atomic E-state index is -3.97. The average Bonchev–Trinajstić information content (AvgIpc) is 2.25. The first-order valence-corrected chi connectivity index (χ1v) is 9.74. The summed E-state index contributed by atoms with van der Waals surface area (Å²) in [4.78, 5) is 0. The number of hydrogen-bond donors (Lipinski definition) is 1. The second kappa shape index (κ2) is 6.43. The van der Waals surface area contributed by atoms with Crippen LogP contribution in [-0.4, -0.2) is 37.3 Å². The SMILES string of the molecule is Cc1cc(C)c(CNS(=O)(=O)N=S(C)(=O)N(C)C)c(C)c1. The predicted molar refractivity (Wildman–Crippen MR) is 86.6 cm³/mol. The molecule has 1 rings (SSSR count). The van der Waals surface area contributed by atoms with Gasteiger partial charge in [0.05, 0.1) is 0 Å². The molecular formula is C13H23N3O3S2. The molecule has 0 saturated heterocycles. The summed E-state index contributed by atoms with van der Waals surface area (Å²) in [7, 11) is -3.85. The van der Waals surface area contributed by atoms with Crippen LogP contribution in [-0.2, 0) is 26.7 Å². The molecule has 1 N–H and O–H groups in total. The molecule has 21 heavy (non-hydrogen) atoms. The maximum absolute atomic E-state index is 12.0. The van der Waals surface area contributed by atoms with Crippen molar-refractivity contribution in [2.75, 3.05) is 20.4 Å². The van der Waals surface area contributed by atoms with Gasteiger partial charge < -0.3 is 0 Å². The Bertz CT molecular complexity index is 723. The van der Waals surface area contributed by atoms with Crippen LogP contribution >= 0.6 is 0 Å². The molecule has 1 aromatic carbocycles. The average molecular weight is 333 g/mol. The normalized spacial score (nSPS) is 15.0. The molecule has 1 unspecified atom stereocenters. The van der Waals surface area contributed by atoms with Crippen molar-refractivity contribution in [1.82, 2.24) is 9.03 Å². The second-order valence-electron chi connectivity index (χ2n) is 5.32. The van der Waals surface area contributed by atoms with Crippen molar-refractivity contribution >= 4 is 20.1 Å². The lowest BCUT2D eigenvalue weighted by molar-refractivity contribution is 0.578. The van der Waals surface area contributed by atoms with Gasteiger partial charge in [0.25, 0.3) is 0 Å². The number of hydrogen-bond acceptors (Lipinski definition) is 3. The van der Waals surface area contributed by atoms with Crippen molar-refractivity contribution in [3.8, 4) is 0 Å². The second-order valence-corrected chi connectivity index (χ2v) is 9.41. The molecule has 0 aliphatic rings. The summed E-state index contributed by atoms with van der Waals surface area (Å²) in [6.07, 6.45) is 1.29. The van der Waals surface area contributed by atoms with Gasteiger partial charge in [-0.05, 0) is 37.5 Å². The fraction of sp³-hybridized carbons (Fsp3) is 0.538. The van der Waals surface area contributed by atoms with Crippen LogP contribution in [0.3, 0.4) is 0 Å². The first kappa shape index (κ1) is 18.1. The first-order valence-electron chi connectivity index (χ1n) is 6.42. The Hall–Kier alpha value is -0.960. The van der Waals surface area contributed by atoms with E-state index in [9.17, 15) is 12.6 Å². The van der Waals surface area contributed by atoms with Gasteiger partial charge >= 0.3 is 10.2 Å². The lowest BCUT2D eigenvalue weighted by Gasteiger charge is -2.13. The largest absolute Gasteiger partial charge is 0.328 e. The molecule has 0 heterocycles. The molecule has 0 aliphatic heterocycles. The molecule has 1 aromatic rings. The van der Waals surface area contributed by atoms with E-state index in [1.807, 2.05) is 32.9 Å². The van der Waals surface area contributed by atoms with E-state index in [-0.39, 0.29) is 6.54 Å². The zero-order valence-corrected chi connectivity index (χ0v) is 14.9. The van der Waals surface area contributed by atoms with Crippen molar-refractivity contribution < 1.29 is 12.6 Å². The summed E-state index contributed by atoms with van der Waals surface area (Å²) < 4.78 is 43.0. The van der Waals surface area contributed by atoms with E-state index in [0.29, 0.717) is 0 Å². The van der Waals surface area contributed by atoms with Gasteiger partial charge in [-0.25, -0.2) is 8.51 Å². The van der Waals surface area contributed by atoms with Gasteiger partial charge in [-0.15, -0.1) is 0 Å². The van der Waals surface area contributed by atoms with Gasteiger partial charge in [-0.2, -0.15) is 13.1 Å². The van der Waals surface area contributed by atoms with E-state index in [2.05, 4.69) is 8.49 Å². The molecule has 120 valence electrons. The van der Waals surface area contributed by atoms with Gasteiger partial charge in [0.1, 0.15) is 9.92 Å². The molecule has 1 atom stereocenters. The molecule has 0 radical (unpaired) electrons. The van der Waals surface area contributed by atoms with Crippen LogP contribution in [0.15, 0.2) is 15.9 Å². The van der Waals surface area contributed by atoms with E-state index >= 15 is 0 Å². The summed E-state index contributed by atoms with van der Waals surface area (Å²) >= 11 is 0. The Labute approximate surface area is 128 Å². The van der Waals surface area contributed by atoms with Crippen LogP contribution in [0.2, 0.25) is 0 Å². The predicted octanol–water partition coefficient (Wildman–Crippen LogP) is 1.52. The van der Waals surface area contributed by atoms with Crippen molar-refractivity contribution in [2.24, 2.45) is 3.77 Å². The highest BCUT2D eigenvalue weighted by Crippen LogP contribution is 2.16. The lowest BCUT2D eigenvalue weighted by atomic mass is 10.0. The Morgan fingerprint density at radius 1 is 1.10 bits per heavy atom. The number of nitrogens with one attached hydrogen (secondary N) is 1. The Morgan fingerprint density at radius 2 is 1.57 bits per heavy atom. The molecule has 8 heteroatoms. The quantitative estimate of drug-likeness (QED) is 0.887.